The van der Waals surface area contributed by atoms with E-state index in [2.05, 4.69) is 10.6 Å². The summed E-state index contributed by atoms with van der Waals surface area (Å²) in [5.41, 5.74) is 5.83. The smallest absolute Gasteiger partial charge is 0.352 e. The van der Waals surface area contributed by atoms with E-state index < -0.39 is 17.8 Å². The molecule has 2 rings (SSSR count). The molecule has 0 saturated carbocycles. The molecule has 4 N–H and O–H groups in total. The number of urea groups is 1. The molecular formula is C17H16F3N3O2. The van der Waals surface area contributed by atoms with Crippen molar-refractivity contribution in [2.24, 2.45) is 5.73 Å². The second-order valence-corrected chi connectivity index (χ2v) is 5.27. The summed E-state index contributed by atoms with van der Waals surface area (Å²) >= 11 is 0. The molecule has 0 aromatic heterocycles. The lowest BCUT2D eigenvalue weighted by Gasteiger charge is -2.09. The zero-order valence-corrected chi connectivity index (χ0v) is 13.1. The SMILES string of the molecule is NC(=O)Nc1ccc(C(=O)NCCc2ccc(C(F)(F)F)cc2)cc1. The van der Waals surface area contributed by atoms with Crippen LogP contribution in [0, 0.1) is 0 Å². The summed E-state index contributed by atoms with van der Waals surface area (Å²) < 4.78 is 37.4. The number of alkyl halides is 3. The Labute approximate surface area is 142 Å². The first-order chi connectivity index (χ1) is 11.8. The predicted octanol–water partition coefficient (Wildman–Crippen LogP) is 3.17. The van der Waals surface area contributed by atoms with E-state index in [0.29, 0.717) is 23.2 Å². The number of nitrogens with one attached hydrogen (secondary N) is 2. The number of primary amides is 1. The molecule has 0 spiro atoms. The van der Waals surface area contributed by atoms with Crippen LogP contribution in [0.4, 0.5) is 23.7 Å². The Bertz CT molecular complexity index is 741. The Morgan fingerprint density at radius 3 is 2.08 bits per heavy atom. The van der Waals surface area contributed by atoms with Crippen LogP contribution in [0.3, 0.4) is 0 Å². The fourth-order valence-corrected chi connectivity index (χ4v) is 2.13. The van der Waals surface area contributed by atoms with Crippen molar-refractivity contribution in [3.63, 3.8) is 0 Å². The third-order valence-electron chi connectivity index (χ3n) is 3.40. The van der Waals surface area contributed by atoms with E-state index in [1.54, 1.807) is 0 Å². The highest BCUT2D eigenvalue weighted by Crippen LogP contribution is 2.29. The summed E-state index contributed by atoms with van der Waals surface area (Å²) in [6.45, 7) is 0.283. The minimum Gasteiger partial charge on any atom is -0.352 e. The highest BCUT2D eigenvalue weighted by molar-refractivity contribution is 5.95. The van der Waals surface area contributed by atoms with Crippen LogP contribution in [0.1, 0.15) is 21.5 Å². The van der Waals surface area contributed by atoms with Crippen molar-refractivity contribution in [1.29, 1.82) is 0 Å². The zero-order valence-electron chi connectivity index (χ0n) is 13.1. The third kappa shape index (κ3) is 5.52. The Morgan fingerprint density at radius 2 is 1.56 bits per heavy atom. The highest BCUT2D eigenvalue weighted by atomic mass is 19.4. The molecule has 0 aliphatic carbocycles. The number of carbonyl (C=O) groups is 2. The first-order valence-corrected chi connectivity index (χ1v) is 7.36. The second-order valence-electron chi connectivity index (χ2n) is 5.27. The van der Waals surface area contributed by atoms with Gasteiger partial charge in [0, 0.05) is 17.8 Å². The molecule has 0 heterocycles. The summed E-state index contributed by atoms with van der Waals surface area (Å²) in [6, 6.07) is 10.2. The van der Waals surface area contributed by atoms with Gasteiger partial charge in [-0.1, -0.05) is 12.1 Å². The predicted molar refractivity (Wildman–Crippen MR) is 87.1 cm³/mol. The number of anilines is 1. The van der Waals surface area contributed by atoms with Crippen LogP contribution < -0.4 is 16.4 Å². The molecule has 3 amide bonds. The van der Waals surface area contributed by atoms with Crippen LogP contribution in [-0.2, 0) is 12.6 Å². The number of halogens is 3. The van der Waals surface area contributed by atoms with Crippen LogP contribution in [-0.4, -0.2) is 18.5 Å². The maximum Gasteiger partial charge on any atom is 0.416 e. The van der Waals surface area contributed by atoms with Crippen LogP contribution in [0.2, 0.25) is 0 Å². The fourth-order valence-electron chi connectivity index (χ4n) is 2.13. The second kappa shape index (κ2) is 7.69. The number of rotatable bonds is 5. The lowest BCUT2D eigenvalue weighted by atomic mass is 10.1. The summed E-state index contributed by atoms with van der Waals surface area (Å²) in [5.74, 6) is -0.322. The van der Waals surface area contributed by atoms with Crippen LogP contribution in [0.5, 0.6) is 0 Å². The van der Waals surface area contributed by atoms with E-state index in [4.69, 9.17) is 5.73 Å². The molecule has 0 atom stereocenters. The molecule has 0 radical (unpaired) electrons. The monoisotopic (exact) mass is 351 g/mol. The van der Waals surface area contributed by atoms with Gasteiger partial charge < -0.3 is 16.4 Å². The molecule has 0 aliphatic rings. The molecule has 0 saturated heterocycles. The van der Waals surface area contributed by atoms with Crippen molar-refractivity contribution in [3.8, 4) is 0 Å². The lowest BCUT2D eigenvalue weighted by Crippen LogP contribution is -2.25. The minimum absolute atomic E-state index is 0.283. The van der Waals surface area contributed by atoms with E-state index >= 15 is 0 Å². The van der Waals surface area contributed by atoms with Gasteiger partial charge in [-0.05, 0) is 48.4 Å². The molecular weight excluding hydrogens is 335 g/mol. The van der Waals surface area contributed by atoms with Crippen molar-refractivity contribution in [1.82, 2.24) is 5.32 Å². The molecule has 2 aromatic carbocycles. The number of carbonyl (C=O) groups excluding carboxylic acids is 2. The first kappa shape index (κ1) is 18.3. The van der Waals surface area contributed by atoms with Crippen molar-refractivity contribution < 1.29 is 22.8 Å². The Morgan fingerprint density at radius 1 is 0.960 bits per heavy atom. The van der Waals surface area contributed by atoms with Crippen LogP contribution in [0.25, 0.3) is 0 Å². The van der Waals surface area contributed by atoms with Gasteiger partial charge in [0.15, 0.2) is 0 Å². The number of hydrogen-bond donors (Lipinski definition) is 3. The first-order valence-electron chi connectivity index (χ1n) is 7.36. The van der Waals surface area contributed by atoms with E-state index in [1.807, 2.05) is 0 Å². The number of nitrogens with two attached hydrogens (primary N) is 1. The molecule has 0 unspecified atom stereocenters. The van der Waals surface area contributed by atoms with Gasteiger partial charge in [-0.2, -0.15) is 13.2 Å². The van der Waals surface area contributed by atoms with Gasteiger partial charge in [0.05, 0.1) is 5.56 Å². The van der Waals surface area contributed by atoms with Gasteiger partial charge in [-0.3, -0.25) is 4.79 Å². The van der Waals surface area contributed by atoms with E-state index in [-0.39, 0.29) is 12.5 Å². The summed E-state index contributed by atoms with van der Waals surface area (Å²) in [7, 11) is 0. The fraction of sp³-hybridized carbons (Fsp3) is 0.176. The molecule has 132 valence electrons. The molecule has 25 heavy (non-hydrogen) atoms. The summed E-state index contributed by atoms with van der Waals surface area (Å²) in [4.78, 5) is 22.7. The van der Waals surface area contributed by atoms with Gasteiger partial charge in [0.2, 0.25) is 0 Å². The topological polar surface area (TPSA) is 84.2 Å². The summed E-state index contributed by atoms with van der Waals surface area (Å²) in [5, 5.41) is 5.06. The summed E-state index contributed by atoms with van der Waals surface area (Å²) in [6.07, 6.45) is -3.95. The zero-order chi connectivity index (χ0) is 18.4. The van der Waals surface area contributed by atoms with Gasteiger partial charge in [-0.15, -0.1) is 0 Å². The van der Waals surface area contributed by atoms with Crippen LogP contribution in [0.15, 0.2) is 48.5 Å². The Kier molecular flexibility index (Phi) is 5.63. The van der Waals surface area contributed by atoms with Gasteiger partial charge >= 0.3 is 12.2 Å². The number of benzene rings is 2. The van der Waals surface area contributed by atoms with E-state index in [1.165, 1.54) is 36.4 Å². The maximum absolute atomic E-state index is 12.5. The maximum atomic E-state index is 12.5. The average molecular weight is 351 g/mol. The lowest BCUT2D eigenvalue weighted by molar-refractivity contribution is -0.137. The average Bonchev–Trinajstić information content (AvgIpc) is 2.54. The van der Waals surface area contributed by atoms with Crippen molar-refractivity contribution in [3.05, 3.63) is 65.2 Å². The van der Waals surface area contributed by atoms with Crippen molar-refractivity contribution >= 4 is 17.6 Å². The number of amides is 3. The highest BCUT2D eigenvalue weighted by Gasteiger charge is 2.29. The standard InChI is InChI=1S/C17H16F3N3O2/c18-17(19,20)13-5-1-11(2-6-13)9-10-22-15(24)12-3-7-14(8-4-12)23-16(21)25/h1-8H,9-10H2,(H,22,24)(H3,21,23,25). The Hall–Kier alpha value is -3.03. The normalized spacial score (nSPS) is 11.0. The molecule has 0 fully saturated rings. The molecule has 0 aliphatic heterocycles. The Balaban J connectivity index is 1.85. The molecule has 5 nitrogen and oxygen atoms in total. The van der Waals surface area contributed by atoms with E-state index in [0.717, 1.165) is 12.1 Å². The van der Waals surface area contributed by atoms with Crippen molar-refractivity contribution in [2.45, 2.75) is 12.6 Å². The van der Waals surface area contributed by atoms with E-state index in [9.17, 15) is 22.8 Å². The van der Waals surface area contributed by atoms with Crippen molar-refractivity contribution in [2.75, 3.05) is 11.9 Å². The molecule has 8 heteroatoms. The van der Waals surface area contributed by atoms with Gasteiger partial charge in [-0.25, -0.2) is 4.79 Å². The van der Waals surface area contributed by atoms with Gasteiger partial charge in [0.1, 0.15) is 0 Å². The minimum atomic E-state index is -4.36. The largest absolute Gasteiger partial charge is 0.416 e. The third-order valence-corrected chi connectivity index (χ3v) is 3.40. The number of hydrogen-bond acceptors (Lipinski definition) is 2. The molecule has 0 bridgehead atoms. The quantitative estimate of drug-likeness (QED) is 0.773. The van der Waals surface area contributed by atoms with Gasteiger partial charge in [0.25, 0.3) is 5.91 Å². The van der Waals surface area contributed by atoms with Crippen LogP contribution >= 0.6 is 0 Å². The molecule has 2 aromatic rings.